The molecule has 0 bridgehead atoms. The number of carbonyl (C=O) groups is 2. The monoisotopic (exact) mass is 352 g/mol. The maximum Gasteiger partial charge on any atom is 0.407 e. The van der Waals surface area contributed by atoms with Crippen LogP contribution in [0, 0.1) is 5.92 Å². The van der Waals surface area contributed by atoms with Crippen LogP contribution in [-0.4, -0.2) is 24.1 Å². The number of benzene rings is 2. The highest BCUT2D eigenvalue weighted by Gasteiger charge is 2.42. The van der Waals surface area contributed by atoms with Crippen molar-refractivity contribution in [2.45, 2.75) is 38.5 Å². The summed E-state index contributed by atoms with van der Waals surface area (Å²) < 4.78 is 5.33. The minimum absolute atomic E-state index is 0.0194. The number of carbonyl (C=O) groups excluding carboxylic acids is 2. The number of amides is 2. The minimum Gasteiger partial charge on any atom is -0.445 e. The highest BCUT2D eigenvalue weighted by Crippen LogP contribution is 2.23. The summed E-state index contributed by atoms with van der Waals surface area (Å²) in [6.45, 7) is 2.21. The summed E-state index contributed by atoms with van der Waals surface area (Å²) in [5, 5.41) is 5.90. The molecular weight excluding hydrogens is 328 g/mol. The Morgan fingerprint density at radius 3 is 2.27 bits per heavy atom. The van der Waals surface area contributed by atoms with Crippen LogP contribution in [0.4, 0.5) is 4.79 Å². The standard InChI is InChI=1S/C21H24N2O3/c1-2-18-19(23-21(25)26-14-16-11-7-4-8-12-16)17(20(24)22-18)13-15-9-5-3-6-10-15/h3-12,17-19H,2,13-14H2,1H3,(H,22,24)(H,23,25). The fourth-order valence-electron chi connectivity index (χ4n) is 3.37. The van der Waals surface area contributed by atoms with Gasteiger partial charge in [0, 0.05) is 6.04 Å². The van der Waals surface area contributed by atoms with Crippen molar-refractivity contribution in [3.05, 3.63) is 71.8 Å². The molecule has 3 atom stereocenters. The zero-order valence-corrected chi connectivity index (χ0v) is 14.9. The molecule has 0 aromatic heterocycles. The smallest absolute Gasteiger partial charge is 0.407 e. The van der Waals surface area contributed by atoms with E-state index in [-0.39, 0.29) is 30.5 Å². The van der Waals surface area contributed by atoms with E-state index in [2.05, 4.69) is 10.6 Å². The summed E-state index contributed by atoms with van der Waals surface area (Å²) in [7, 11) is 0. The van der Waals surface area contributed by atoms with E-state index < -0.39 is 6.09 Å². The number of nitrogens with one attached hydrogen (secondary N) is 2. The highest BCUT2D eigenvalue weighted by atomic mass is 16.5. The van der Waals surface area contributed by atoms with Crippen LogP contribution in [0.25, 0.3) is 0 Å². The van der Waals surface area contributed by atoms with Gasteiger partial charge in [-0.1, -0.05) is 67.6 Å². The minimum atomic E-state index is -0.494. The third-order valence-corrected chi connectivity index (χ3v) is 4.77. The number of ether oxygens (including phenoxy) is 1. The molecule has 3 rings (SSSR count). The Morgan fingerprint density at radius 2 is 1.65 bits per heavy atom. The number of hydrogen-bond donors (Lipinski definition) is 2. The van der Waals surface area contributed by atoms with Crippen molar-refractivity contribution in [1.82, 2.24) is 10.6 Å². The molecule has 1 aliphatic rings. The van der Waals surface area contributed by atoms with Crippen LogP contribution in [0.1, 0.15) is 24.5 Å². The first-order valence-electron chi connectivity index (χ1n) is 8.99. The van der Waals surface area contributed by atoms with Gasteiger partial charge in [0.1, 0.15) is 6.61 Å². The molecule has 136 valence electrons. The van der Waals surface area contributed by atoms with Crippen molar-refractivity contribution in [1.29, 1.82) is 0 Å². The molecular formula is C21H24N2O3. The number of alkyl carbamates (subject to hydrolysis) is 1. The molecule has 2 amide bonds. The van der Waals surface area contributed by atoms with E-state index in [1.165, 1.54) is 0 Å². The normalized spacial score (nSPS) is 21.9. The molecule has 0 radical (unpaired) electrons. The predicted octanol–water partition coefficient (Wildman–Crippen LogP) is 3.05. The highest BCUT2D eigenvalue weighted by molar-refractivity contribution is 5.84. The molecule has 5 nitrogen and oxygen atoms in total. The van der Waals surface area contributed by atoms with E-state index >= 15 is 0 Å². The third kappa shape index (κ3) is 4.42. The molecule has 0 saturated carbocycles. The van der Waals surface area contributed by atoms with Gasteiger partial charge in [0.25, 0.3) is 0 Å². The maximum atomic E-state index is 12.4. The summed E-state index contributed by atoms with van der Waals surface area (Å²) in [4.78, 5) is 24.7. The predicted molar refractivity (Wildman–Crippen MR) is 99.4 cm³/mol. The molecule has 2 aromatic carbocycles. The van der Waals surface area contributed by atoms with Crippen LogP contribution < -0.4 is 10.6 Å². The van der Waals surface area contributed by atoms with Crippen LogP contribution in [0.15, 0.2) is 60.7 Å². The first-order valence-corrected chi connectivity index (χ1v) is 8.99. The molecule has 1 fully saturated rings. The first kappa shape index (κ1) is 18.0. The van der Waals surface area contributed by atoms with Crippen molar-refractivity contribution in [3.8, 4) is 0 Å². The lowest BCUT2D eigenvalue weighted by Crippen LogP contribution is -2.46. The zero-order valence-electron chi connectivity index (χ0n) is 14.9. The molecule has 1 saturated heterocycles. The van der Waals surface area contributed by atoms with E-state index in [4.69, 9.17) is 4.74 Å². The molecule has 0 aliphatic carbocycles. The lowest BCUT2D eigenvalue weighted by Gasteiger charge is -2.23. The van der Waals surface area contributed by atoms with Crippen molar-refractivity contribution in [2.24, 2.45) is 5.92 Å². The fraction of sp³-hybridized carbons (Fsp3) is 0.333. The SMILES string of the molecule is CCC1NC(=O)C(Cc2ccccc2)C1NC(=O)OCc1ccccc1. The Balaban J connectivity index is 1.63. The van der Waals surface area contributed by atoms with Gasteiger partial charge in [-0.3, -0.25) is 4.79 Å². The van der Waals surface area contributed by atoms with Crippen LogP contribution in [-0.2, 0) is 22.6 Å². The van der Waals surface area contributed by atoms with E-state index in [0.717, 1.165) is 17.5 Å². The average Bonchev–Trinajstić information content (AvgIpc) is 2.97. The van der Waals surface area contributed by atoms with Crippen molar-refractivity contribution in [3.63, 3.8) is 0 Å². The topological polar surface area (TPSA) is 67.4 Å². The Hall–Kier alpha value is -2.82. The summed E-state index contributed by atoms with van der Waals surface area (Å²) in [6.07, 6.45) is 0.847. The van der Waals surface area contributed by atoms with Gasteiger partial charge in [0.15, 0.2) is 0 Å². The average molecular weight is 352 g/mol. The second-order valence-corrected chi connectivity index (χ2v) is 6.55. The van der Waals surface area contributed by atoms with E-state index in [9.17, 15) is 9.59 Å². The molecule has 2 aromatic rings. The molecule has 5 heteroatoms. The van der Waals surface area contributed by atoms with Gasteiger partial charge >= 0.3 is 6.09 Å². The first-order chi connectivity index (χ1) is 12.7. The number of hydrogen-bond acceptors (Lipinski definition) is 3. The van der Waals surface area contributed by atoms with Crippen molar-refractivity contribution >= 4 is 12.0 Å². The van der Waals surface area contributed by atoms with Crippen molar-refractivity contribution in [2.75, 3.05) is 0 Å². The Kier molecular flexibility index (Phi) is 5.89. The van der Waals surface area contributed by atoms with Crippen LogP contribution in [0.5, 0.6) is 0 Å². The lowest BCUT2D eigenvalue weighted by atomic mass is 9.90. The summed E-state index contributed by atoms with van der Waals surface area (Å²) >= 11 is 0. The van der Waals surface area contributed by atoms with Gasteiger partial charge in [-0.15, -0.1) is 0 Å². The summed E-state index contributed by atoms with van der Waals surface area (Å²) in [5.74, 6) is -0.319. The van der Waals surface area contributed by atoms with E-state index in [1.807, 2.05) is 67.6 Å². The van der Waals surface area contributed by atoms with Gasteiger partial charge in [-0.05, 0) is 24.0 Å². The van der Waals surface area contributed by atoms with Gasteiger partial charge in [-0.2, -0.15) is 0 Å². The van der Waals surface area contributed by atoms with Crippen molar-refractivity contribution < 1.29 is 14.3 Å². The lowest BCUT2D eigenvalue weighted by molar-refractivity contribution is -0.122. The van der Waals surface area contributed by atoms with Crippen LogP contribution in [0.3, 0.4) is 0 Å². The molecule has 2 N–H and O–H groups in total. The number of rotatable bonds is 6. The third-order valence-electron chi connectivity index (χ3n) is 4.77. The molecule has 0 spiro atoms. The van der Waals surface area contributed by atoms with Crippen LogP contribution >= 0.6 is 0 Å². The Labute approximate surface area is 153 Å². The second kappa shape index (κ2) is 8.52. The molecule has 3 unspecified atom stereocenters. The summed E-state index contributed by atoms with van der Waals surface area (Å²) in [5.41, 5.74) is 2.00. The fourth-order valence-corrected chi connectivity index (χ4v) is 3.37. The zero-order chi connectivity index (χ0) is 18.4. The van der Waals surface area contributed by atoms with E-state index in [1.54, 1.807) is 0 Å². The van der Waals surface area contributed by atoms with Gasteiger partial charge in [-0.25, -0.2) is 4.79 Å². The van der Waals surface area contributed by atoms with Gasteiger partial charge in [0.2, 0.25) is 5.91 Å². The summed E-state index contributed by atoms with van der Waals surface area (Å²) in [6, 6.07) is 19.0. The Morgan fingerprint density at radius 1 is 1.04 bits per heavy atom. The Bertz CT molecular complexity index is 733. The van der Waals surface area contributed by atoms with Gasteiger partial charge in [0.05, 0.1) is 12.0 Å². The maximum absolute atomic E-state index is 12.4. The second-order valence-electron chi connectivity index (χ2n) is 6.55. The van der Waals surface area contributed by atoms with E-state index in [0.29, 0.717) is 6.42 Å². The van der Waals surface area contributed by atoms with Crippen LogP contribution in [0.2, 0.25) is 0 Å². The van der Waals surface area contributed by atoms with Gasteiger partial charge < -0.3 is 15.4 Å². The molecule has 1 aliphatic heterocycles. The molecule has 1 heterocycles. The quantitative estimate of drug-likeness (QED) is 0.840. The molecule has 26 heavy (non-hydrogen) atoms. The largest absolute Gasteiger partial charge is 0.445 e.